The van der Waals surface area contributed by atoms with Crippen molar-refractivity contribution < 1.29 is 22.7 Å². The lowest BCUT2D eigenvalue weighted by Gasteiger charge is -2.15. The second kappa shape index (κ2) is 9.00. The molecule has 0 aliphatic heterocycles. The number of aromatic nitrogens is 2. The number of carbonyl (C=O) groups is 1. The minimum absolute atomic E-state index is 0.0951. The molecule has 0 saturated carbocycles. The van der Waals surface area contributed by atoms with Gasteiger partial charge < -0.3 is 14.8 Å². The van der Waals surface area contributed by atoms with E-state index in [9.17, 15) is 13.2 Å². The number of pyridine rings is 2. The third kappa shape index (κ3) is 4.92. The summed E-state index contributed by atoms with van der Waals surface area (Å²) in [6, 6.07) is 9.72. The molecule has 0 aliphatic rings. The van der Waals surface area contributed by atoms with Crippen molar-refractivity contribution >= 4 is 27.3 Å². The Bertz CT molecular complexity index is 1210. The standard InChI is InChI=1S/C21H22N4O5S/c1-13-6-5-7-14(2)19(13)25-31(27,28)17-11-16(12-23-21(17)30-4)24-20(26)15-8-9-22-18(10-15)29-3/h5-12,25H,1-4H3,(H,24,26). The zero-order chi connectivity index (χ0) is 22.6. The zero-order valence-corrected chi connectivity index (χ0v) is 18.3. The summed E-state index contributed by atoms with van der Waals surface area (Å²) in [6.45, 7) is 3.61. The van der Waals surface area contributed by atoms with Crippen LogP contribution in [0.5, 0.6) is 11.8 Å². The summed E-state index contributed by atoms with van der Waals surface area (Å²) in [5, 5.41) is 2.63. The van der Waals surface area contributed by atoms with E-state index in [2.05, 4.69) is 20.0 Å². The number of sulfonamides is 1. The average Bonchev–Trinajstić information content (AvgIpc) is 2.76. The van der Waals surface area contributed by atoms with E-state index in [1.54, 1.807) is 26.0 Å². The van der Waals surface area contributed by atoms with E-state index in [0.29, 0.717) is 11.3 Å². The molecule has 0 bridgehead atoms. The summed E-state index contributed by atoms with van der Waals surface area (Å²) in [4.78, 5) is 20.3. The number of methoxy groups -OCH3 is 2. The first-order valence-corrected chi connectivity index (χ1v) is 10.7. The van der Waals surface area contributed by atoms with Crippen molar-refractivity contribution in [1.29, 1.82) is 0 Å². The van der Waals surface area contributed by atoms with Gasteiger partial charge in [-0.05, 0) is 37.1 Å². The molecule has 3 aromatic rings. The lowest BCUT2D eigenvalue weighted by molar-refractivity contribution is 0.102. The fourth-order valence-corrected chi connectivity index (χ4v) is 4.23. The summed E-state index contributed by atoms with van der Waals surface area (Å²) in [6.07, 6.45) is 2.75. The third-order valence-electron chi connectivity index (χ3n) is 4.48. The Labute approximate surface area is 180 Å². The number of hydrogen-bond donors (Lipinski definition) is 2. The van der Waals surface area contributed by atoms with E-state index in [1.165, 1.54) is 44.8 Å². The summed E-state index contributed by atoms with van der Waals surface area (Å²) >= 11 is 0. The van der Waals surface area contributed by atoms with Crippen LogP contribution in [0, 0.1) is 13.8 Å². The molecular weight excluding hydrogens is 420 g/mol. The maximum atomic E-state index is 13.1. The van der Waals surface area contributed by atoms with Crippen LogP contribution in [0.25, 0.3) is 0 Å². The van der Waals surface area contributed by atoms with Gasteiger partial charge >= 0.3 is 0 Å². The van der Waals surface area contributed by atoms with Gasteiger partial charge in [0.15, 0.2) is 4.90 Å². The van der Waals surface area contributed by atoms with Crippen molar-refractivity contribution in [2.24, 2.45) is 0 Å². The third-order valence-corrected chi connectivity index (χ3v) is 5.83. The smallest absolute Gasteiger partial charge is 0.267 e. The van der Waals surface area contributed by atoms with Crippen LogP contribution in [0.1, 0.15) is 21.5 Å². The van der Waals surface area contributed by atoms with E-state index in [1.807, 2.05) is 6.07 Å². The van der Waals surface area contributed by atoms with Crippen molar-refractivity contribution in [3.8, 4) is 11.8 Å². The van der Waals surface area contributed by atoms with Gasteiger partial charge in [-0.15, -0.1) is 0 Å². The Balaban J connectivity index is 1.94. The molecule has 31 heavy (non-hydrogen) atoms. The molecule has 1 aromatic carbocycles. The number of nitrogens with one attached hydrogen (secondary N) is 2. The van der Waals surface area contributed by atoms with Crippen LogP contribution >= 0.6 is 0 Å². The number of carbonyl (C=O) groups excluding carboxylic acids is 1. The SMILES string of the molecule is COc1cc(C(=O)Nc2cnc(OC)c(S(=O)(=O)Nc3c(C)cccc3C)c2)ccn1. The molecule has 0 fully saturated rings. The van der Waals surface area contributed by atoms with Crippen LogP contribution in [0.3, 0.4) is 0 Å². The zero-order valence-electron chi connectivity index (χ0n) is 17.5. The molecule has 0 saturated heterocycles. The van der Waals surface area contributed by atoms with Gasteiger partial charge in [-0.1, -0.05) is 18.2 Å². The first-order valence-electron chi connectivity index (χ1n) is 9.19. The fourth-order valence-electron chi connectivity index (χ4n) is 2.88. The number of para-hydroxylation sites is 1. The van der Waals surface area contributed by atoms with Crippen molar-refractivity contribution in [2.75, 3.05) is 24.3 Å². The average molecular weight is 442 g/mol. The van der Waals surface area contributed by atoms with Crippen LogP contribution in [-0.2, 0) is 10.0 Å². The number of aryl methyl sites for hydroxylation is 2. The lowest BCUT2D eigenvalue weighted by Crippen LogP contribution is -2.18. The summed E-state index contributed by atoms with van der Waals surface area (Å²) in [5.41, 5.74) is 2.49. The van der Waals surface area contributed by atoms with Crippen molar-refractivity contribution in [3.63, 3.8) is 0 Å². The Kier molecular flexibility index (Phi) is 6.40. The predicted octanol–water partition coefficient (Wildman–Crippen LogP) is 3.16. The molecule has 2 heterocycles. The largest absolute Gasteiger partial charge is 0.481 e. The molecule has 2 N–H and O–H groups in total. The van der Waals surface area contributed by atoms with Gasteiger partial charge in [0.2, 0.25) is 11.8 Å². The predicted molar refractivity (Wildman–Crippen MR) is 116 cm³/mol. The number of rotatable bonds is 7. The van der Waals surface area contributed by atoms with E-state index in [4.69, 9.17) is 9.47 Å². The van der Waals surface area contributed by atoms with Crippen molar-refractivity contribution in [2.45, 2.75) is 18.7 Å². The number of amides is 1. The first-order chi connectivity index (χ1) is 14.7. The minimum Gasteiger partial charge on any atom is -0.481 e. The summed E-state index contributed by atoms with van der Waals surface area (Å²) in [7, 11) is -1.29. The van der Waals surface area contributed by atoms with Gasteiger partial charge in [-0.25, -0.2) is 18.4 Å². The number of benzene rings is 1. The second-order valence-electron chi connectivity index (χ2n) is 6.64. The Morgan fingerprint density at radius 1 is 1.00 bits per heavy atom. The highest BCUT2D eigenvalue weighted by Gasteiger charge is 2.23. The highest BCUT2D eigenvalue weighted by molar-refractivity contribution is 7.92. The minimum atomic E-state index is -4.05. The number of nitrogens with zero attached hydrogens (tertiary/aromatic N) is 2. The van der Waals surface area contributed by atoms with Crippen LogP contribution < -0.4 is 19.5 Å². The molecule has 3 rings (SSSR count). The highest BCUT2D eigenvalue weighted by atomic mass is 32.2. The molecule has 0 aliphatic carbocycles. The van der Waals surface area contributed by atoms with Crippen LogP contribution in [0.2, 0.25) is 0 Å². The quantitative estimate of drug-likeness (QED) is 0.577. The van der Waals surface area contributed by atoms with Gasteiger partial charge in [-0.2, -0.15) is 0 Å². The number of anilines is 2. The lowest BCUT2D eigenvalue weighted by atomic mass is 10.1. The molecule has 9 nitrogen and oxygen atoms in total. The summed E-state index contributed by atoms with van der Waals surface area (Å²) < 4.78 is 39.0. The van der Waals surface area contributed by atoms with E-state index >= 15 is 0 Å². The van der Waals surface area contributed by atoms with Crippen LogP contribution in [-0.4, -0.2) is 38.5 Å². The number of hydrogen-bond acceptors (Lipinski definition) is 7. The first kappa shape index (κ1) is 22.0. The molecular formula is C21H22N4O5S. The van der Waals surface area contributed by atoms with Crippen molar-refractivity contribution in [1.82, 2.24) is 9.97 Å². The molecule has 1 amide bonds. The Morgan fingerprint density at radius 3 is 2.35 bits per heavy atom. The normalized spacial score (nSPS) is 11.0. The van der Waals surface area contributed by atoms with Gasteiger partial charge in [-0.3, -0.25) is 9.52 Å². The van der Waals surface area contributed by atoms with E-state index < -0.39 is 15.9 Å². The maximum Gasteiger partial charge on any atom is 0.267 e. The van der Waals surface area contributed by atoms with Gasteiger partial charge in [0.1, 0.15) is 0 Å². The van der Waals surface area contributed by atoms with Crippen LogP contribution in [0.4, 0.5) is 11.4 Å². The van der Waals surface area contributed by atoms with Gasteiger partial charge in [0, 0.05) is 17.8 Å². The van der Waals surface area contributed by atoms with E-state index in [0.717, 1.165) is 11.1 Å². The van der Waals surface area contributed by atoms with Crippen molar-refractivity contribution in [3.05, 3.63) is 65.5 Å². The van der Waals surface area contributed by atoms with Crippen LogP contribution in [0.15, 0.2) is 53.7 Å². The summed E-state index contributed by atoms with van der Waals surface area (Å²) in [5.74, 6) is -0.289. The molecule has 2 aromatic heterocycles. The number of ether oxygens (including phenoxy) is 2. The highest BCUT2D eigenvalue weighted by Crippen LogP contribution is 2.29. The molecule has 0 spiro atoms. The topological polar surface area (TPSA) is 120 Å². The molecule has 0 radical (unpaired) electrons. The van der Waals surface area contributed by atoms with E-state index in [-0.39, 0.29) is 22.3 Å². The Hall–Kier alpha value is -3.66. The monoisotopic (exact) mass is 442 g/mol. The molecule has 10 heteroatoms. The Morgan fingerprint density at radius 2 is 1.71 bits per heavy atom. The molecule has 0 unspecified atom stereocenters. The van der Waals surface area contributed by atoms with Gasteiger partial charge in [0.05, 0.1) is 31.8 Å². The maximum absolute atomic E-state index is 13.1. The fraction of sp³-hybridized carbons (Fsp3) is 0.190. The molecule has 0 atom stereocenters. The molecule has 162 valence electrons. The second-order valence-corrected chi connectivity index (χ2v) is 8.30. The van der Waals surface area contributed by atoms with Gasteiger partial charge in [0.25, 0.3) is 15.9 Å².